The monoisotopic (exact) mass is 584 g/mol. The second-order valence-electron chi connectivity index (χ2n) is 11.3. The van der Waals surface area contributed by atoms with E-state index < -0.39 is 0 Å². The van der Waals surface area contributed by atoms with Crippen molar-refractivity contribution in [2.75, 3.05) is 0 Å². The van der Waals surface area contributed by atoms with Gasteiger partial charge in [0.05, 0.1) is 11.1 Å². The minimum absolute atomic E-state index is 0.548. The number of benzene rings is 6. The highest BCUT2D eigenvalue weighted by molar-refractivity contribution is 6.23. The summed E-state index contributed by atoms with van der Waals surface area (Å²) in [6.07, 6.45) is 6.75. The van der Waals surface area contributed by atoms with Crippen LogP contribution < -0.4 is 0 Å². The Balaban J connectivity index is 1.28. The van der Waals surface area contributed by atoms with E-state index in [0.717, 1.165) is 33.4 Å². The first kappa shape index (κ1) is 27.0. The van der Waals surface area contributed by atoms with Gasteiger partial charge in [-0.1, -0.05) is 97.1 Å². The average Bonchev–Trinajstić information content (AvgIpc) is 3.14. The van der Waals surface area contributed by atoms with Gasteiger partial charge in [-0.3, -0.25) is 9.97 Å². The molecule has 0 amide bonds. The first-order valence-electron chi connectivity index (χ1n) is 15.0. The van der Waals surface area contributed by atoms with Crippen LogP contribution in [0.25, 0.3) is 76.8 Å². The highest BCUT2D eigenvalue weighted by Crippen LogP contribution is 2.42. The highest BCUT2D eigenvalue weighted by Gasteiger charge is 2.15. The first-order chi connectivity index (χ1) is 22.7. The van der Waals surface area contributed by atoms with E-state index in [4.69, 9.17) is 0 Å². The van der Waals surface area contributed by atoms with Crippen LogP contribution in [0.4, 0.5) is 0 Å². The van der Waals surface area contributed by atoms with Gasteiger partial charge in [-0.05, 0) is 90.0 Å². The molecule has 4 nitrogen and oxygen atoms in total. The SMILES string of the molecule is N#Cc1cncc(-c2ccc(-c3cc4c5ccccc5c(-c5ccc(-c6cncc(C#N)c6)cc5)cc4c4ccccc34)cc2)c1. The predicted molar refractivity (Wildman–Crippen MR) is 186 cm³/mol. The van der Waals surface area contributed by atoms with Gasteiger partial charge in [0.2, 0.25) is 0 Å². The van der Waals surface area contributed by atoms with Gasteiger partial charge in [0, 0.05) is 35.9 Å². The normalized spacial score (nSPS) is 11.0. The molecule has 0 atom stereocenters. The van der Waals surface area contributed by atoms with Gasteiger partial charge >= 0.3 is 0 Å². The Morgan fingerprint density at radius 2 is 0.717 bits per heavy atom. The van der Waals surface area contributed by atoms with Crippen molar-refractivity contribution in [1.82, 2.24) is 9.97 Å². The molecule has 0 radical (unpaired) electrons. The topological polar surface area (TPSA) is 73.4 Å². The molecule has 0 bridgehead atoms. The van der Waals surface area contributed by atoms with Crippen LogP contribution in [0, 0.1) is 22.7 Å². The molecule has 0 saturated carbocycles. The molecule has 0 aliphatic carbocycles. The lowest BCUT2D eigenvalue weighted by atomic mass is 9.87. The van der Waals surface area contributed by atoms with Gasteiger partial charge in [0.1, 0.15) is 12.1 Å². The average molecular weight is 585 g/mol. The summed E-state index contributed by atoms with van der Waals surface area (Å²) in [5, 5.41) is 25.8. The molecule has 6 aromatic carbocycles. The van der Waals surface area contributed by atoms with Crippen LogP contribution in [-0.4, -0.2) is 9.97 Å². The fraction of sp³-hybridized carbons (Fsp3) is 0. The number of rotatable bonds is 4. The number of nitrogens with zero attached hydrogens (tertiary/aromatic N) is 4. The minimum atomic E-state index is 0.548. The Morgan fingerprint density at radius 3 is 1.11 bits per heavy atom. The van der Waals surface area contributed by atoms with Gasteiger partial charge in [-0.15, -0.1) is 0 Å². The molecule has 0 aliphatic heterocycles. The zero-order valence-electron chi connectivity index (χ0n) is 24.6. The van der Waals surface area contributed by atoms with Crippen LogP contribution in [-0.2, 0) is 0 Å². The zero-order valence-corrected chi connectivity index (χ0v) is 24.6. The smallest absolute Gasteiger partial charge is 0.101 e. The van der Waals surface area contributed by atoms with Gasteiger partial charge < -0.3 is 0 Å². The fourth-order valence-electron chi connectivity index (χ4n) is 6.43. The van der Waals surface area contributed by atoms with Crippen LogP contribution in [0.1, 0.15) is 11.1 Å². The largest absolute Gasteiger partial charge is 0.263 e. The Hall–Kier alpha value is -6.62. The van der Waals surface area contributed by atoms with E-state index in [0.29, 0.717) is 11.1 Å². The molecular formula is C42H24N4. The summed E-state index contributed by atoms with van der Waals surface area (Å²) in [4.78, 5) is 8.47. The number of pyridine rings is 2. The molecule has 8 aromatic rings. The maximum atomic E-state index is 9.32. The Morgan fingerprint density at radius 1 is 0.348 bits per heavy atom. The summed E-state index contributed by atoms with van der Waals surface area (Å²) in [5.74, 6) is 0. The van der Waals surface area contributed by atoms with Crippen molar-refractivity contribution in [2.45, 2.75) is 0 Å². The van der Waals surface area contributed by atoms with E-state index >= 15 is 0 Å². The van der Waals surface area contributed by atoms with Crippen molar-refractivity contribution >= 4 is 32.3 Å². The second-order valence-corrected chi connectivity index (χ2v) is 11.3. The van der Waals surface area contributed by atoms with Gasteiger partial charge in [0.15, 0.2) is 0 Å². The lowest BCUT2D eigenvalue weighted by Gasteiger charge is -2.16. The molecule has 0 saturated heterocycles. The Labute approximate surface area is 266 Å². The predicted octanol–water partition coefficient (Wildman–Crippen LogP) is 10.3. The summed E-state index contributed by atoms with van der Waals surface area (Å²) in [5.41, 5.74) is 9.60. The van der Waals surface area contributed by atoms with Crippen molar-refractivity contribution < 1.29 is 0 Å². The molecule has 4 heteroatoms. The lowest BCUT2D eigenvalue weighted by Crippen LogP contribution is -1.90. The van der Waals surface area contributed by atoms with Crippen LogP contribution in [0.15, 0.2) is 146 Å². The zero-order chi connectivity index (χ0) is 31.0. The van der Waals surface area contributed by atoms with Crippen molar-refractivity contribution in [2.24, 2.45) is 0 Å². The summed E-state index contributed by atoms with van der Waals surface area (Å²) in [6.45, 7) is 0. The molecular weight excluding hydrogens is 560 g/mol. The summed E-state index contributed by atoms with van der Waals surface area (Å²) < 4.78 is 0. The standard InChI is InChI=1S/C42H24N4/c43-21-27-17-33(25-45-23-27)29-9-13-31(14-10-29)39-19-42-38-8-4-2-6-36(38)40(20-41(42)37-7-3-1-5-35(37)39)32-15-11-30(12-16-32)34-18-28(22-44)24-46-26-34/h1-20,23-26H. The van der Waals surface area contributed by atoms with E-state index in [1.165, 1.54) is 43.4 Å². The molecule has 8 rings (SSSR count). The van der Waals surface area contributed by atoms with Crippen LogP contribution in [0.5, 0.6) is 0 Å². The van der Waals surface area contributed by atoms with Crippen molar-refractivity contribution in [3.63, 3.8) is 0 Å². The molecule has 0 spiro atoms. The summed E-state index contributed by atoms with van der Waals surface area (Å²) in [7, 11) is 0. The van der Waals surface area contributed by atoms with Crippen LogP contribution >= 0.6 is 0 Å². The van der Waals surface area contributed by atoms with Crippen LogP contribution in [0.2, 0.25) is 0 Å². The van der Waals surface area contributed by atoms with E-state index in [2.05, 4.69) is 131 Å². The molecule has 0 N–H and O–H groups in total. The van der Waals surface area contributed by atoms with Crippen molar-refractivity contribution in [3.05, 3.63) is 157 Å². The number of fused-ring (bicyclic) bond motifs is 5. The summed E-state index contributed by atoms with van der Waals surface area (Å²) in [6, 6.07) is 47.0. The lowest BCUT2D eigenvalue weighted by molar-refractivity contribution is 1.30. The third-order valence-electron chi connectivity index (χ3n) is 8.68. The second kappa shape index (κ2) is 11.1. The first-order valence-corrected chi connectivity index (χ1v) is 15.0. The van der Waals surface area contributed by atoms with Crippen molar-refractivity contribution in [3.8, 4) is 56.6 Å². The molecule has 2 aromatic heterocycles. The molecule has 46 heavy (non-hydrogen) atoms. The third-order valence-corrected chi connectivity index (χ3v) is 8.68. The maximum absolute atomic E-state index is 9.32. The number of hydrogen-bond acceptors (Lipinski definition) is 4. The number of nitriles is 2. The quantitative estimate of drug-likeness (QED) is 0.193. The van der Waals surface area contributed by atoms with E-state index in [9.17, 15) is 10.5 Å². The number of hydrogen-bond donors (Lipinski definition) is 0. The number of aromatic nitrogens is 2. The maximum Gasteiger partial charge on any atom is 0.101 e. The van der Waals surface area contributed by atoms with Gasteiger partial charge in [-0.25, -0.2) is 0 Å². The van der Waals surface area contributed by atoms with E-state index in [-0.39, 0.29) is 0 Å². The highest BCUT2D eigenvalue weighted by atomic mass is 14.6. The van der Waals surface area contributed by atoms with Gasteiger partial charge in [-0.2, -0.15) is 10.5 Å². The molecule has 0 fully saturated rings. The van der Waals surface area contributed by atoms with E-state index in [1.807, 2.05) is 12.1 Å². The fourth-order valence-corrected chi connectivity index (χ4v) is 6.43. The molecule has 2 heterocycles. The third kappa shape index (κ3) is 4.63. The van der Waals surface area contributed by atoms with Crippen molar-refractivity contribution in [1.29, 1.82) is 10.5 Å². The van der Waals surface area contributed by atoms with E-state index in [1.54, 1.807) is 24.8 Å². The summed E-state index contributed by atoms with van der Waals surface area (Å²) >= 11 is 0. The minimum Gasteiger partial charge on any atom is -0.263 e. The Kier molecular flexibility index (Phi) is 6.53. The molecule has 0 unspecified atom stereocenters. The van der Waals surface area contributed by atoms with Gasteiger partial charge in [0.25, 0.3) is 0 Å². The Bertz CT molecular complexity index is 2350. The van der Waals surface area contributed by atoms with Crippen LogP contribution in [0.3, 0.4) is 0 Å². The molecule has 0 aliphatic rings. The molecule has 212 valence electrons.